The van der Waals surface area contributed by atoms with Gasteiger partial charge in [0.05, 0.1) is 11.2 Å². The molecule has 3 heterocycles. The number of amides is 1. The third kappa shape index (κ3) is 3.71. The molecule has 1 amide bonds. The van der Waals surface area contributed by atoms with Crippen LogP contribution in [-0.2, 0) is 17.9 Å². The number of rotatable bonds is 5. The molecule has 1 aromatic carbocycles. The molecule has 1 N–H and O–H groups in total. The predicted octanol–water partition coefficient (Wildman–Crippen LogP) is 2.68. The van der Waals surface area contributed by atoms with Crippen molar-refractivity contribution in [1.82, 2.24) is 14.5 Å². The Kier molecular flexibility index (Phi) is 4.85. The smallest absolute Gasteiger partial charge is 0.408 e. The molecule has 4 rings (SSSR count). The standard InChI is InChI=1S/C18H20N4O3S/c23-16(11-22-14-6-2-3-7-15(14)25-18(22)24)20-17-19-13(12-26-17)10-21-8-4-1-5-9-21/h2-3,6-7,12H,1,4-5,8-11H2,(H,19,20,23). The number of likely N-dealkylation sites (tertiary alicyclic amines) is 1. The zero-order chi connectivity index (χ0) is 17.9. The first kappa shape index (κ1) is 17.0. The van der Waals surface area contributed by atoms with Gasteiger partial charge in [0.1, 0.15) is 6.54 Å². The van der Waals surface area contributed by atoms with Crippen LogP contribution in [0.25, 0.3) is 11.1 Å². The van der Waals surface area contributed by atoms with E-state index in [4.69, 9.17) is 4.42 Å². The summed E-state index contributed by atoms with van der Waals surface area (Å²) in [6.07, 6.45) is 3.78. The van der Waals surface area contributed by atoms with Crippen molar-refractivity contribution in [2.45, 2.75) is 32.4 Å². The van der Waals surface area contributed by atoms with Gasteiger partial charge < -0.3 is 9.73 Å². The second-order valence-corrected chi connectivity index (χ2v) is 7.31. The Morgan fingerprint density at radius 2 is 2.04 bits per heavy atom. The summed E-state index contributed by atoms with van der Waals surface area (Å²) in [7, 11) is 0. The number of carbonyl (C=O) groups is 1. The van der Waals surface area contributed by atoms with Gasteiger partial charge in [-0.2, -0.15) is 0 Å². The Morgan fingerprint density at radius 3 is 2.88 bits per heavy atom. The van der Waals surface area contributed by atoms with E-state index in [-0.39, 0.29) is 12.5 Å². The zero-order valence-electron chi connectivity index (χ0n) is 14.3. The molecule has 26 heavy (non-hydrogen) atoms. The Balaban J connectivity index is 1.40. The molecule has 0 aliphatic carbocycles. The molecule has 7 nitrogen and oxygen atoms in total. The topological polar surface area (TPSA) is 80.4 Å². The molecule has 136 valence electrons. The molecular formula is C18H20N4O3S. The van der Waals surface area contributed by atoms with Gasteiger partial charge in [0.25, 0.3) is 0 Å². The highest BCUT2D eigenvalue weighted by Crippen LogP contribution is 2.19. The van der Waals surface area contributed by atoms with Gasteiger partial charge in [0.2, 0.25) is 5.91 Å². The van der Waals surface area contributed by atoms with E-state index in [0.29, 0.717) is 16.2 Å². The molecule has 2 aromatic heterocycles. The van der Waals surface area contributed by atoms with Crippen molar-refractivity contribution in [3.63, 3.8) is 0 Å². The Morgan fingerprint density at radius 1 is 1.23 bits per heavy atom. The van der Waals surface area contributed by atoms with E-state index in [0.717, 1.165) is 25.3 Å². The quantitative estimate of drug-likeness (QED) is 0.745. The first-order valence-corrected chi connectivity index (χ1v) is 9.62. The molecule has 0 bridgehead atoms. The van der Waals surface area contributed by atoms with E-state index >= 15 is 0 Å². The Labute approximate surface area is 154 Å². The van der Waals surface area contributed by atoms with Crippen molar-refractivity contribution in [2.24, 2.45) is 0 Å². The number of thiazole rings is 1. The lowest BCUT2D eigenvalue weighted by atomic mass is 10.1. The van der Waals surface area contributed by atoms with Gasteiger partial charge in [-0.1, -0.05) is 18.6 Å². The van der Waals surface area contributed by atoms with Crippen molar-refractivity contribution in [1.29, 1.82) is 0 Å². The molecule has 0 spiro atoms. The monoisotopic (exact) mass is 372 g/mol. The van der Waals surface area contributed by atoms with Gasteiger partial charge in [0, 0.05) is 11.9 Å². The van der Waals surface area contributed by atoms with Gasteiger partial charge in [-0.05, 0) is 38.1 Å². The van der Waals surface area contributed by atoms with Crippen LogP contribution in [-0.4, -0.2) is 33.4 Å². The normalized spacial score (nSPS) is 15.4. The number of para-hydroxylation sites is 2. The Hall–Kier alpha value is -2.45. The number of aromatic nitrogens is 2. The first-order chi connectivity index (χ1) is 12.7. The largest absolute Gasteiger partial charge is 0.420 e. The third-order valence-corrected chi connectivity index (χ3v) is 5.31. The van der Waals surface area contributed by atoms with Crippen LogP contribution < -0.4 is 11.1 Å². The summed E-state index contributed by atoms with van der Waals surface area (Å²) < 4.78 is 6.47. The summed E-state index contributed by atoms with van der Waals surface area (Å²) in [4.78, 5) is 31.2. The summed E-state index contributed by atoms with van der Waals surface area (Å²) in [5, 5.41) is 5.31. The number of nitrogens with one attached hydrogen (secondary N) is 1. The molecule has 1 fully saturated rings. The molecule has 8 heteroatoms. The number of oxazole rings is 1. The van der Waals surface area contributed by atoms with E-state index in [1.807, 2.05) is 5.38 Å². The summed E-state index contributed by atoms with van der Waals surface area (Å²) >= 11 is 1.41. The van der Waals surface area contributed by atoms with Gasteiger partial charge in [-0.3, -0.25) is 14.3 Å². The van der Waals surface area contributed by atoms with E-state index in [1.54, 1.807) is 24.3 Å². The number of piperidine rings is 1. The number of hydrogen-bond donors (Lipinski definition) is 1. The van der Waals surface area contributed by atoms with Crippen LogP contribution in [0.5, 0.6) is 0 Å². The lowest BCUT2D eigenvalue weighted by Gasteiger charge is -2.25. The number of nitrogens with zero attached hydrogens (tertiary/aromatic N) is 3. The van der Waals surface area contributed by atoms with E-state index in [1.165, 1.54) is 35.2 Å². The molecule has 0 radical (unpaired) electrons. The fraction of sp³-hybridized carbons (Fsp3) is 0.389. The summed E-state index contributed by atoms with van der Waals surface area (Å²) in [5.41, 5.74) is 2.05. The van der Waals surface area contributed by atoms with Crippen LogP contribution in [0.1, 0.15) is 25.0 Å². The molecule has 1 saturated heterocycles. The van der Waals surface area contributed by atoms with E-state index < -0.39 is 5.76 Å². The molecule has 0 unspecified atom stereocenters. The van der Waals surface area contributed by atoms with Crippen molar-refractivity contribution in [3.8, 4) is 0 Å². The second kappa shape index (κ2) is 7.43. The molecule has 0 saturated carbocycles. The maximum absolute atomic E-state index is 12.3. The molecule has 3 aromatic rings. The van der Waals surface area contributed by atoms with Crippen LogP contribution in [0.3, 0.4) is 0 Å². The number of benzene rings is 1. The highest BCUT2D eigenvalue weighted by molar-refractivity contribution is 7.13. The Bertz CT molecular complexity index is 968. The van der Waals surface area contributed by atoms with Gasteiger partial charge in [-0.15, -0.1) is 11.3 Å². The average molecular weight is 372 g/mol. The molecule has 0 atom stereocenters. The number of anilines is 1. The van der Waals surface area contributed by atoms with E-state index in [2.05, 4.69) is 15.2 Å². The van der Waals surface area contributed by atoms with Crippen LogP contribution in [0.2, 0.25) is 0 Å². The number of hydrogen-bond acceptors (Lipinski definition) is 6. The van der Waals surface area contributed by atoms with Crippen molar-refractivity contribution in [2.75, 3.05) is 18.4 Å². The fourth-order valence-electron chi connectivity index (χ4n) is 3.25. The third-order valence-electron chi connectivity index (χ3n) is 4.51. The maximum Gasteiger partial charge on any atom is 0.420 e. The first-order valence-electron chi connectivity index (χ1n) is 8.74. The summed E-state index contributed by atoms with van der Waals surface area (Å²) in [6.45, 7) is 2.93. The number of fused-ring (bicyclic) bond motifs is 1. The summed E-state index contributed by atoms with van der Waals surface area (Å²) in [6, 6.07) is 7.06. The lowest BCUT2D eigenvalue weighted by molar-refractivity contribution is -0.116. The average Bonchev–Trinajstić information content (AvgIpc) is 3.20. The minimum Gasteiger partial charge on any atom is -0.408 e. The van der Waals surface area contributed by atoms with Crippen LogP contribution in [0, 0.1) is 0 Å². The summed E-state index contributed by atoms with van der Waals surface area (Å²) in [5.74, 6) is -0.830. The van der Waals surface area contributed by atoms with Crippen molar-refractivity contribution >= 4 is 33.5 Å². The predicted molar refractivity (Wildman–Crippen MR) is 100 cm³/mol. The maximum atomic E-state index is 12.3. The molecule has 1 aliphatic rings. The van der Waals surface area contributed by atoms with Gasteiger partial charge in [-0.25, -0.2) is 9.78 Å². The van der Waals surface area contributed by atoms with E-state index in [9.17, 15) is 9.59 Å². The minimum absolute atomic E-state index is 0.100. The second-order valence-electron chi connectivity index (χ2n) is 6.45. The van der Waals surface area contributed by atoms with Crippen molar-refractivity contribution < 1.29 is 9.21 Å². The van der Waals surface area contributed by atoms with Gasteiger partial charge in [0.15, 0.2) is 10.7 Å². The molecule has 1 aliphatic heterocycles. The van der Waals surface area contributed by atoms with Gasteiger partial charge >= 0.3 is 5.76 Å². The van der Waals surface area contributed by atoms with Crippen LogP contribution >= 0.6 is 11.3 Å². The lowest BCUT2D eigenvalue weighted by Crippen LogP contribution is -2.29. The number of carbonyl (C=O) groups excluding carboxylic acids is 1. The zero-order valence-corrected chi connectivity index (χ0v) is 15.1. The van der Waals surface area contributed by atoms with Crippen molar-refractivity contribution in [3.05, 3.63) is 45.9 Å². The molecular weight excluding hydrogens is 352 g/mol. The minimum atomic E-state index is -0.536. The highest BCUT2D eigenvalue weighted by Gasteiger charge is 2.15. The highest BCUT2D eigenvalue weighted by atomic mass is 32.1. The van der Waals surface area contributed by atoms with Crippen LogP contribution in [0.15, 0.2) is 38.9 Å². The fourth-order valence-corrected chi connectivity index (χ4v) is 3.97. The van der Waals surface area contributed by atoms with Crippen LogP contribution in [0.4, 0.5) is 5.13 Å². The SMILES string of the molecule is O=C(Cn1c(=O)oc2ccccc21)Nc1nc(CN2CCCCC2)cs1.